The molecule has 3 N–H and O–H groups in total. The molecule has 0 aromatic heterocycles. The van der Waals surface area contributed by atoms with Gasteiger partial charge in [-0.2, -0.15) is 0 Å². The monoisotopic (exact) mass is 348 g/mol. The zero-order chi connectivity index (χ0) is 19.1. The van der Waals surface area contributed by atoms with Crippen LogP contribution in [0.5, 0.6) is 11.5 Å². The number of phenols is 2. The number of ketones is 2. The van der Waals surface area contributed by atoms with E-state index in [1.54, 1.807) is 0 Å². The molecule has 1 aliphatic heterocycles. The molecule has 8 heteroatoms. The molecule has 1 atom stereocenters. The first-order valence-electron chi connectivity index (χ1n) is 6.99. The van der Waals surface area contributed by atoms with Crippen molar-refractivity contribution in [3.05, 3.63) is 41.7 Å². The third kappa shape index (κ3) is 5.94. The molecule has 1 aromatic rings. The van der Waals surface area contributed by atoms with E-state index in [1.807, 2.05) is 0 Å². The molecule has 1 unspecified atom stereocenters. The molecule has 0 spiro atoms. The van der Waals surface area contributed by atoms with Crippen LogP contribution in [-0.4, -0.2) is 38.8 Å². The fraction of sp³-hybridized carbons (Fsp3) is 0.176. The van der Waals surface area contributed by atoms with Gasteiger partial charge in [-0.15, -0.1) is 0 Å². The smallest absolute Gasteiger partial charge is 0.329 e. The highest BCUT2D eigenvalue weighted by molar-refractivity contribution is 6.21. The summed E-state index contributed by atoms with van der Waals surface area (Å²) >= 11 is 0. The largest absolute Gasteiger partial charge is 0.504 e. The normalized spacial score (nSPS) is 16.6. The van der Waals surface area contributed by atoms with Crippen LogP contribution in [-0.2, 0) is 23.9 Å². The molecule has 0 amide bonds. The summed E-state index contributed by atoms with van der Waals surface area (Å²) < 4.78 is 4.61. The number of carbonyl (C=O) groups excluding carboxylic acids is 3. The summed E-state index contributed by atoms with van der Waals surface area (Å²) in [5, 5.41) is 26.3. The summed E-state index contributed by atoms with van der Waals surface area (Å²) in [5.41, 5.74) is 0.512. The van der Waals surface area contributed by atoms with Gasteiger partial charge in [0.2, 0.25) is 0 Å². The number of hydrogen-bond acceptors (Lipinski definition) is 7. The molecule has 0 saturated heterocycles. The first-order chi connectivity index (χ1) is 11.6. The van der Waals surface area contributed by atoms with Crippen molar-refractivity contribution in [3.8, 4) is 11.5 Å². The molecular formula is C17H16O8. The van der Waals surface area contributed by atoms with Crippen molar-refractivity contribution in [2.75, 3.05) is 0 Å². The van der Waals surface area contributed by atoms with E-state index in [0.29, 0.717) is 5.56 Å². The lowest BCUT2D eigenvalue weighted by Gasteiger charge is -2.15. The molecule has 0 fully saturated rings. The number of aromatic hydroxyl groups is 2. The van der Waals surface area contributed by atoms with Gasteiger partial charge in [-0.05, 0) is 37.6 Å². The van der Waals surface area contributed by atoms with Gasteiger partial charge >= 0.3 is 11.9 Å². The fourth-order valence-electron chi connectivity index (χ4n) is 1.82. The third-order valence-electron chi connectivity index (χ3n) is 2.95. The molecule has 2 rings (SSSR count). The summed E-state index contributed by atoms with van der Waals surface area (Å²) in [6.45, 7) is 2.68. The minimum absolute atomic E-state index is 0.229. The summed E-state index contributed by atoms with van der Waals surface area (Å²) in [7, 11) is 0. The predicted octanol–water partition coefficient (Wildman–Crippen LogP) is 1.42. The maximum Gasteiger partial charge on any atom is 0.329 e. The van der Waals surface area contributed by atoms with E-state index in [4.69, 9.17) is 15.3 Å². The Morgan fingerprint density at radius 3 is 2.28 bits per heavy atom. The molecule has 8 nitrogen and oxygen atoms in total. The van der Waals surface area contributed by atoms with Gasteiger partial charge < -0.3 is 20.1 Å². The number of rotatable bonds is 3. The lowest BCUT2D eigenvalue weighted by atomic mass is 9.98. The van der Waals surface area contributed by atoms with Crippen molar-refractivity contribution in [1.82, 2.24) is 0 Å². The molecule has 0 radical (unpaired) electrons. The van der Waals surface area contributed by atoms with Crippen molar-refractivity contribution in [3.63, 3.8) is 0 Å². The van der Waals surface area contributed by atoms with E-state index in [1.165, 1.54) is 38.1 Å². The summed E-state index contributed by atoms with van der Waals surface area (Å²) in [6, 6.07) is 4.06. The van der Waals surface area contributed by atoms with Gasteiger partial charge in [-0.1, -0.05) is 6.07 Å². The lowest BCUT2D eigenvalue weighted by molar-refractivity contribution is -0.152. The highest BCUT2D eigenvalue weighted by Gasteiger charge is 2.34. The van der Waals surface area contributed by atoms with Gasteiger partial charge in [-0.25, -0.2) is 4.79 Å². The van der Waals surface area contributed by atoms with Crippen LogP contribution in [0.1, 0.15) is 19.4 Å². The maximum atomic E-state index is 11.1. The lowest BCUT2D eigenvalue weighted by Crippen LogP contribution is -2.33. The van der Waals surface area contributed by atoms with Crippen LogP contribution >= 0.6 is 0 Å². The number of hydrogen-bond donors (Lipinski definition) is 3. The SMILES string of the molecule is CC(=O)C1C(=O)C=C(C)OC1=O.O=C(O)C=Cc1ccc(O)c(O)c1. The molecule has 25 heavy (non-hydrogen) atoms. The fourth-order valence-corrected chi connectivity index (χ4v) is 1.82. The maximum absolute atomic E-state index is 11.1. The number of Topliss-reactive ketones (excluding diaryl/α,β-unsaturated/α-hetero) is 1. The molecular weight excluding hydrogens is 332 g/mol. The summed E-state index contributed by atoms with van der Waals surface area (Å²) in [6.07, 6.45) is 3.43. The first kappa shape index (κ1) is 19.6. The molecule has 132 valence electrons. The van der Waals surface area contributed by atoms with Crippen LogP contribution in [0, 0.1) is 5.92 Å². The van der Waals surface area contributed by atoms with Gasteiger partial charge in [0.25, 0.3) is 0 Å². The highest BCUT2D eigenvalue weighted by atomic mass is 16.5. The Kier molecular flexibility index (Phi) is 6.62. The van der Waals surface area contributed by atoms with Crippen molar-refractivity contribution in [2.45, 2.75) is 13.8 Å². The van der Waals surface area contributed by atoms with E-state index >= 15 is 0 Å². The number of carboxylic acids is 1. The Bertz CT molecular complexity index is 773. The number of phenolic OH excluding ortho intramolecular Hbond substituents is 2. The van der Waals surface area contributed by atoms with Crippen molar-refractivity contribution in [2.24, 2.45) is 5.92 Å². The second kappa shape index (κ2) is 8.44. The van der Waals surface area contributed by atoms with Crippen LogP contribution in [0.3, 0.4) is 0 Å². The minimum atomic E-state index is -1.24. The van der Waals surface area contributed by atoms with E-state index < -0.39 is 29.4 Å². The number of ether oxygens (including phenoxy) is 1. The van der Waals surface area contributed by atoms with Crippen LogP contribution in [0.15, 0.2) is 36.1 Å². The minimum Gasteiger partial charge on any atom is -0.504 e. The zero-order valence-electron chi connectivity index (χ0n) is 13.4. The number of benzene rings is 1. The van der Waals surface area contributed by atoms with Gasteiger partial charge in [0.05, 0.1) is 0 Å². The number of esters is 1. The van der Waals surface area contributed by atoms with Crippen LogP contribution in [0.25, 0.3) is 6.08 Å². The average molecular weight is 348 g/mol. The Hall–Kier alpha value is -3.42. The molecule has 0 bridgehead atoms. The number of cyclic esters (lactones) is 1. The summed E-state index contributed by atoms with van der Waals surface area (Å²) in [5.74, 6) is -4.30. The number of carboxylic acid groups (broad SMARTS) is 1. The van der Waals surface area contributed by atoms with Gasteiger partial charge in [-0.3, -0.25) is 14.4 Å². The second-order valence-corrected chi connectivity index (χ2v) is 5.04. The molecule has 1 heterocycles. The van der Waals surface area contributed by atoms with Crippen LogP contribution in [0.4, 0.5) is 0 Å². The molecule has 0 aliphatic carbocycles. The van der Waals surface area contributed by atoms with Crippen LogP contribution < -0.4 is 0 Å². The number of aliphatic carboxylic acids is 1. The van der Waals surface area contributed by atoms with Crippen molar-refractivity contribution in [1.29, 1.82) is 0 Å². The Morgan fingerprint density at radius 1 is 1.16 bits per heavy atom. The summed E-state index contributed by atoms with van der Waals surface area (Å²) in [4.78, 5) is 42.9. The van der Waals surface area contributed by atoms with E-state index in [9.17, 15) is 19.2 Å². The van der Waals surface area contributed by atoms with Gasteiger partial charge in [0.1, 0.15) is 5.76 Å². The highest BCUT2D eigenvalue weighted by Crippen LogP contribution is 2.25. The average Bonchev–Trinajstić information content (AvgIpc) is 2.47. The second-order valence-electron chi connectivity index (χ2n) is 5.04. The first-order valence-corrected chi connectivity index (χ1v) is 6.99. The third-order valence-corrected chi connectivity index (χ3v) is 2.95. The topological polar surface area (TPSA) is 138 Å². The Balaban J connectivity index is 0.000000251. The standard InChI is InChI=1S/C9H8O4.C8H8O4/c10-7-3-1-6(5-8(7)11)2-4-9(12)13;1-4-3-6(10)7(5(2)9)8(11)12-4/h1-5,10-11H,(H,12,13);3,7H,1-2H3. The van der Waals surface area contributed by atoms with Gasteiger partial charge in [0, 0.05) is 12.2 Å². The Labute approximate surface area is 142 Å². The number of carbonyl (C=O) groups is 4. The van der Waals surface area contributed by atoms with E-state index in [2.05, 4.69) is 4.74 Å². The zero-order valence-corrected chi connectivity index (χ0v) is 13.4. The quantitative estimate of drug-likeness (QED) is 0.323. The predicted molar refractivity (Wildman–Crippen MR) is 85.5 cm³/mol. The Morgan fingerprint density at radius 2 is 1.80 bits per heavy atom. The van der Waals surface area contributed by atoms with E-state index in [0.717, 1.165) is 12.2 Å². The van der Waals surface area contributed by atoms with Crippen molar-refractivity contribution >= 4 is 29.6 Å². The molecule has 0 saturated carbocycles. The molecule has 1 aliphatic rings. The number of allylic oxidation sites excluding steroid dienone is 2. The van der Waals surface area contributed by atoms with E-state index in [-0.39, 0.29) is 17.3 Å². The molecule has 1 aromatic carbocycles. The van der Waals surface area contributed by atoms with Gasteiger partial charge in [0.15, 0.2) is 29.0 Å². The van der Waals surface area contributed by atoms with Crippen molar-refractivity contribution < 1.29 is 39.2 Å². The van der Waals surface area contributed by atoms with Crippen LogP contribution in [0.2, 0.25) is 0 Å².